The number of imidazole rings is 1. The lowest BCUT2D eigenvalue weighted by atomic mass is 10.2. The van der Waals surface area contributed by atoms with Crippen LogP contribution >= 0.6 is 11.8 Å². The van der Waals surface area contributed by atoms with Crippen molar-refractivity contribution in [2.75, 3.05) is 17.3 Å². The summed E-state index contributed by atoms with van der Waals surface area (Å²) in [5.41, 5.74) is 8.36. The highest BCUT2D eigenvalue weighted by molar-refractivity contribution is 7.98. The Morgan fingerprint density at radius 2 is 2.37 bits per heavy atom. The van der Waals surface area contributed by atoms with Crippen LogP contribution < -0.4 is 11.1 Å². The van der Waals surface area contributed by atoms with Crippen LogP contribution in [0.5, 0.6) is 0 Å². The second-order valence-electron chi connectivity index (χ2n) is 4.43. The van der Waals surface area contributed by atoms with Crippen molar-refractivity contribution in [3.8, 4) is 0 Å². The van der Waals surface area contributed by atoms with Crippen LogP contribution in [-0.2, 0) is 4.79 Å². The second-order valence-corrected chi connectivity index (χ2v) is 5.42. The molecule has 1 aromatic heterocycles. The Labute approximate surface area is 116 Å². The zero-order valence-electron chi connectivity index (χ0n) is 11.1. The summed E-state index contributed by atoms with van der Waals surface area (Å²) in [6.07, 6.45) is 2.68. The first kappa shape index (κ1) is 13.9. The number of carbonyl (C=O) groups is 1. The number of hydrogen-bond acceptors (Lipinski definition) is 4. The molecule has 4 N–H and O–H groups in total. The number of aryl methyl sites for hydroxylation is 1. The van der Waals surface area contributed by atoms with E-state index in [4.69, 9.17) is 5.73 Å². The van der Waals surface area contributed by atoms with Crippen LogP contribution in [0.15, 0.2) is 18.2 Å². The molecule has 1 amide bonds. The van der Waals surface area contributed by atoms with Gasteiger partial charge in [0.15, 0.2) is 0 Å². The van der Waals surface area contributed by atoms with E-state index in [0.717, 1.165) is 28.3 Å². The molecule has 0 aliphatic heterocycles. The van der Waals surface area contributed by atoms with Crippen LogP contribution in [0.1, 0.15) is 12.2 Å². The molecule has 1 atom stereocenters. The summed E-state index contributed by atoms with van der Waals surface area (Å²) in [5.74, 6) is 1.59. The lowest BCUT2D eigenvalue weighted by Crippen LogP contribution is -2.36. The Bertz CT molecular complexity index is 581. The molecule has 2 aromatic rings. The van der Waals surface area contributed by atoms with Crippen LogP contribution in [0.4, 0.5) is 5.69 Å². The van der Waals surface area contributed by atoms with Gasteiger partial charge in [0.05, 0.1) is 17.1 Å². The van der Waals surface area contributed by atoms with Gasteiger partial charge in [0.25, 0.3) is 0 Å². The maximum absolute atomic E-state index is 11.9. The number of rotatable bonds is 5. The normalized spacial score (nSPS) is 12.6. The number of nitrogens with zero attached hydrogens (tertiary/aromatic N) is 1. The molecular weight excluding hydrogens is 260 g/mol. The number of anilines is 1. The highest BCUT2D eigenvalue weighted by atomic mass is 32.2. The van der Waals surface area contributed by atoms with E-state index in [9.17, 15) is 4.79 Å². The molecule has 1 heterocycles. The van der Waals surface area contributed by atoms with E-state index in [1.165, 1.54) is 0 Å². The SMILES string of the molecule is CSCC[C@H](N)C(=O)Nc1ccc2nc(C)[nH]c2c1. The lowest BCUT2D eigenvalue weighted by molar-refractivity contribution is -0.117. The van der Waals surface area contributed by atoms with Crippen LogP contribution in [0.25, 0.3) is 11.0 Å². The number of H-pyrrole nitrogens is 1. The molecule has 102 valence electrons. The summed E-state index contributed by atoms with van der Waals surface area (Å²) in [4.78, 5) is 19.3. The number of amides is 1. The molecule has 2 rings (SSSR count). The Balaban J connectivity index is 2.06. The van der Waals surface area contributed by atoms with Gasteiger partial charge in [-0.15, -0.1) is 0 Å². The molecular formula is C13H18N4OS. The summed E-state index contributed by atoms with van der Waals surface area (Å²) in [5, 5.41) is 2.83. The first-order valence-corrected chi connectivity index (χ1v) is 7.51. The number of nitrogens with one attached hydrogen (secondary N) is 2. The van der Waals surface area contributed by atoms with Crippen LogP contribution in [0.3, 0.4) is 0 Å². The zero-order chi connectivity index (χ0) is 13.8. The number of thioether (sulfide) groups is 1. The van der Waals surface area contributed by atoms with Crippen molar-refractivity contribution in [3.05, 3.63) is 24.0 Å². The van der Waals surface area contributed by atoms with Crippen molar-refractivity contribution in [1.29, 1.82) is 0 Å². The summed E-state index contributed by atoms with van der Waals surface area (Å²) < 4.78 is 0. The minimum Gasteiger partial charge on any atom is -0.342 e. The molecule has 0 aliphatic carbocycles. The third-order valence-electron chi connectivity index (χ3n) is 2.84. The van der Waals surface area contributed by atoms with Crippen LogP contribution in [-0.4, -0.2) is 33.9 Å². The van der Waals surface area contributed by atoms with Crippen molar-refractivity contribution < 1.29 is 4.79 Å². The number of aromatic nitrogens is 2. The Hall–Kier alpha value is -1.53. The Kier molecular flexibility index (Phi) is 4.44. The molecule has 0 radical (unpaired) electrons. The smallest absolute Gasteiger partial charge is 0.241 e. The number of carbonyl (C=O) groups excluding carboxylic acids is 1. The van der Waals surface area contributed by atoms with Gasteiger partial charge in [-0.25, -0.2) is 4.98 Å². The average Bonchev–Trinajstić information content (AvgIpc) is 2.75. The number of aromatic amines is 1. The van der Waals surface area contributed by atoms with Crippen molar-refractivity contribution >= 4 is 34.4 Å². The van der Waals surface area contributed by atoms with Gasteiger partial charge in [0, 0.05) is 5.69 Å². The van der Waals surface area contributed by atoms with E-state index in [1.54, 1.807) is 11.8 Å². The summed E-state index contributed by atoms with van der Waals surface area (Å²) in [6.45, 7) is 1.90. The first-order chi connectivity index (χ1) is 9.10. The van der Waals surface area contributed by atoms with Gasteiger partial charge >= 0.3 is 0 Å². The van der Waals surface area contributed by atoms with Crippen LogP contribution in [0, 0.1) is 6.92 Å². The maximum atomic E-state index is 11.9. The summed E-state index contributed by atoms with van der Waals surface area (Å²) in [6, 6.07) is 5.12. The molecule has 1 aromatic carbocycles. The minimum atomic E-state index is -0.466. The van der Waals surface area contributed by atoms with Gasteiger partial charge in [-0.05, 0) is 43.6 Å². The molecule has 0 bridgehead atoms. The molecule has 0 aliphatic rings. The fourth-order valence-electron chi connectivity index (χ4n) is 1.83. The van der Waals surface area contributed by atoms with E-state index in [2.05, 4.69) is 15.3 Å². The molecule has 6 heteroatoms. The highest BCUT2D eigenvalue weighted by Crippen LogP contribution is 2.17. The van der Waals surface area contributed by atoms with Crippen molar-refractivity contribution in [2.45, 2.75) is 19.4 Å². The van der Waals surface area contributed by atoms with E-state index in [0.29, 0.717) is 6.42 Å². The molecule has 19 heavy (non-hydrogen) atoms. The largest absolute Gasteiger partial charge is 0.342 e. The predicted octanol–water partition coefficient (Wildman–Crippen LogP) is 1.89. The predicted molar refractivity (Wildman–Crippen MR) is 80.4 cm³/mol. The van der Waals surface area contributed by atoms with Gasteiger partial charge in [-0.2, -0.15) is 11.8 Å². The number of fused-ring (bicyclic) bond motifs is 1. The molecule has 0 saturated carbocycles. The summed E-state index contributed by atoms with van der Waals surface area (Å²) >= 11 is 1.69. The molecule has 0 unspecified atom stereocenters. The first-order valence-electron chi connectivity index (χ1n) is 6.12. The molecule has 5 nitrogen and oxygen atoms in total. The van der Waals surface area contributed by atoms with Gasteiger partial charge in [-0.1, -0.05) is 0 Å². The van der Waals surface area contributed by atoms with E-state index < -0.39 is 6.04 Å². The van der Waals surface area contributed by atoms with Crippen LogP contribution in [0.2, 0.25) is 0 Å². The van der Waals surface area contributed by atoms with Crippen molar-refractivity contribution in [2.24, 2.45) is 5.73 Å². The monoisotopic (exact) mass is 278 g/mol. The molecule has 0 spiro atoms. The quantitative estimate of drug-likeness (QED) is 0.780. The van der Waals surface area contributed by atoms with Gasteiger partial charge in [-0.3, -0.25) is 4.79 Å². The summed E-state index contributed by atoms with van der Waals surface area (Å²) in [7, 11) is 0. The topological polar surface area (TPSA) is 83.8 Å². The van der Waals surface area contributed by atoms with E-state index in [1.807, 2.05) is 31.4 Å². The van der Waals surface area contributed by atoms with Crippen molar-refractivity contribution in [3.63, 3.8) is 0 Å². The standard InChI is InChI=1S/C13H18N4OS/c1-8-15-11-4-3-9(7-12(11)16-8)17-13(18)10(14)5-6-19-2/h3-4,7,10H,5-6,14H2,1-2H3,(H,15,16)(H,17,18)/t10-/m0/s1. The second kappa shape index (κ2) is 6.08. The Morgan fingerprint density at radius 3 is 3.11 bits per heavy atom. The van der Waals surface area contributed by atoms with Gasteiger partial charge < -0.3 is 16.0 Å². The third kappa shape index (κ3) is 3.48. The maximum Gasteiger partial charge on any atom is 0.241 e. The molecule has 0 saturated heterocycles. The van der Waals surface area contributed by atoms with Crippen molar-refractivity contribution in [1.82, 2.24) is 9.97 Å². The highest BCUT2D eigenvalue weighted by Gasteiger charge is 2.13. The lowest BCUT2D eigenvalue weighted by Gasteiger charge is -2.11. The van der Waals surface area contributed by atoms with E-state index >= 15 is 0 Å². The number of hydrogen-bond donors (Lipinski definition) is 3. The number of nitrogens with two attached hydrogens (primary N) is 1. The Morgan fingerprint density at radius 1 is 1.58 bits per heavy atom. The average molecular weight is 278 g/mol. The minimum absolute atomic E-state index is 0.148. The van der Waals surface area contributed by atoms with Gasteiger partial charge in [0.1, 0.15) is 5.82 Å². The third-order valence-corrected chi connectivity index (χ3v) is 3.48. The fraction of sp³-hybridized carbons (Fsp3) is 0.385. The molecule has 0 fully saturated rings. The number of benzene rings is 1. The van der Waals surface area contributed by atoms with E-state index in [-0.39, 0.29) is 5.91 Å². The fourth-order valence-corrected chi connectivity index (χ4v) is 2.32. The van der Waals surface area contributed by atoms with Gasteiger partial charge in [0.2, 0.25) is 5.91 Å². The zero-order valence-corrected chi connectivity index (χ0v) is 11.9.